The van der Waals surface area contributed by atoms with Crippen LogP contribution in [0.25, 0.3) is 0 Å². The molecular weight excluding hydrogens is 239 g/mol. The zero-order chi connectivity index (χ0) is 8.27. The van der Waals surface area contributed by atoms with Crippen LogP contribution in [0, 0.1) is 0 Å². The summed E-state index contributed by atoms with van der Waals surface area (Å²) in [5, 5.41) is 1.83. The fraction of sp³-hybridized carbons (Fsp3) is 0.250. The molecule has 3 heteroatoms. The van der Waals surface area contributed by atoms with Gasteiger partial charge in [-0.15, -0.1) is 0 Å². The van der Waals surface area contributed by atoms with Gasteiger partial charge in [-0.2, -0.15) is 0 Å². The first-order chi connectivity index (χ1) is 5.27. The molecule has 1 rings (SSSR count). The molecule has 0 fully saturated rings. The molecule has 0 heterocycles. The fourth-order valence-electron chi connectivity index (χ4n) is 0.849. The van der Waals surface area contributed by atoms with E-state index in [4.69, 9.17) is 11.6 Å². The van der Waals surface area contributed by atoms with Gasteiger partial charge < -0.3 is 0 Å². The van der Waals surface area contributed by atoms with Gasteiger partial charge >= 0.3 is 85.4 Å². The molecule has 0 N–H and O–H groups in total. The normalized spacial score (nSPS) is 10.1. The minimum absolute atomic E-state index is 0.819. The molecular formula is C8H8AsClS. The van der Waals surface area contributed by atoms with E-state index < -0.39 is 0 Å². The van der Waals surface area contributed by atoms with E-state index in [0.29, 0.717) is 0 Å². The molecule has 0 aliphatic carbocycles. The number of halogens is 1. The molecule has 58 valence electrons. The molecule has 0 bridgehead atoms. The second-order valence-corrected chi connectivity index (χ2v) is 4.06. The van der Waals surface area contributed by atoms with Crippen LogP contribution in [-0.2, 0) is 5.21 Å². The van der Waals surface area contributed by atoms with E-state index in [9.17, 15) is 0 Å². The van der Waals surface area contributed by atoms with E-state index in [0.717, 1.165) is 10.2 Å². The van der Waals surface area contributed by atoms with Crippen LogP contribution in [0.4, 0.5) is 0 Å². The first kappa shape index (κ1) is 9.51. The standard InChI is InChI=1S/C8H8AsClS/c1-11-8-4-7(10)3-2-6(8)5-9/h2-4H,5H2,1H3. The van der Waals surface area contributed by atoms with Crippen LogP contribution >= 0.6 is 23.4 Å². The molecule has 0 nitrogen and oxygen atoms in total. The van der Waals surface area contributed by atoms with Gasteiger partial charge in [0.05, 0.1) is 0 Å². The topological polar surface area (TPSA) is 0 Å². The maximum atomic E-state index is 5.83. The van der Waals surface area contributed by atoms with E-state index in [-0.39, 0.29) is 0 Å². The molecule has 0 aromatic heterocycles. The van der Waals surface area contributed by atoms with Crippen molar-refractivity contribution in [3.8, 4) is 0 Å². The van der Waals surface area contributed by atoms with Crippen molar-refractivity contribution in [1.82, 2.24) is 0 Å². The summed E-state index contributed by atoms with van der Waals surface area (Å²) in [5.41, 5.74) is 1.35. The predicted octanol–water partition coefficient (Wildman–Crippen LogP) is 2.73. The maximum absolute atomic E-state index is 5.83. The van der Waals surface area contributed by atoms with E-state index in [2.05, 4.69) is 29.2 Å². The Morgan fingerprint density at radius 1 is 1.55 bits per heavy atom. The van der Waals surface area contributed by atoms with Crippen molar-refractivity contribution >= 4 is 40.2 Å². The second kappa shape index (κ2) is 4.45. The molecule has 1 aromatic rings. The summed E-state index contributed by atoms with van der Waals surface area (Å²) in [4.78, 5) is 1.28. The zero-order valence-corrected chi connectivity index (χ0v) is 9.62. The van der Waals surface area contributed by atoms with Crippen LogP contribution in [0.5, 0.6) is 0 Å². The third kappa shape index (κ3) is 2.43. The molecule has 0 saturated heterocycles. The first-order valence-electron chi connectivity index (χ1n) is 3.21. The van der Waals surface area contributed by atoms with Crippen molar-refractivity contribution in [2.24, 2.45) is 0 Å². The average Bonchev–Trinajstić information content (AvgIpc) is 2.04. The van der Waals surface area contributed by atoms with Gasteiger partial charge in [-0.05, 0) is 0 Å². The van der Waals surface area contributed by atoms with Gasteiger partial charge in [0, 0.05) is 0 Å². The van der Waals surface area contributed by atoms with Gasteiger partial charge in [0.1, 0.15) is 0 Å². The molecule has 0 spiro atoms. The molecule has 0 amide bonds. The molecule has 1 aromatic carbocycles. The summed E-state index contributed by atoms with van der Waals surface area (Å²) < 4.78 is 0. The van der Waals surface area contributed by atoms with Crippen molar-refractivity contribution in [3.63, 3.8) is 0 Å². The van der Waals surface area contributed by atoms with Crippen molar-refractivity contribution in [3.05, 3.63) is 28.8 Å². The van der Waals surface area contributed by atoms with Crippen LogP contribution in [-0.4, -0.2) is 23.1 Å². The number of rotatable bonds is 2. The van der Waals surface area contributed by atoms with Gasteiger partial charge in [0.2, 0.25) is 0 Å². The molecule has 2 radical (unpaired) electrons. The number of benzene rings is 1. The van der Waals surface area contributed by atoms with Crippen LogP contribution in [0.3, 0.4) is 0 Å². The summed E-state index contributed by atoms with van der Waals surface area (Å²) in [7, 11) is 0. The predicted molar refractivity (Wildman–Crippen MR) is 52.7 cm³/mol. The Bertz CT molecular complexity index is 250. The monoisotopic (exact) mass is 246 g/mol. The van der Waals surface area contributed by atoms with E-state index in [1.807, 2.05) is 12.1 Å². The number of hydrogen-bond donors (Lipinski definition) is 0. The van der Waals surface area contributed by atoms with Crippen molar-refractivity contribution in [1.29, 1.82) is 0 Å². The van der Waals surface area contributed by atoms with Crippen LogP contribution in [0.1, 0.15) is 5.56 Å². The summed E-state index contributed by atoms with van der Waals surface area (Å²) in [6, 6.07) is 6.02. The van der Waals surface area contributed by atoms with Crippen LogP contribution in [0.2, 0.25) is 5.02 Å². The third-order valence-corrected chi connectivity index (χ3v) is 3.19. The van der Waals surface area contributed by atoms with Crippen molar-refractivity contribution < 1.29 is 0 Å². The van der Waals surface area contributed by atoms with Gasteiger partial charge in [-0.3, -0.25) is 0 Å². The summed E-state index contributed by atoms with van der Waals surface area (Å²) >= 11 is 10.2. The van der Waals surface area contributed by atoms with Gasteiger partial charge in [-0.25, -0.2) is 0 Å². The van der Waals surface area contributed by atoms with Crippen LogP contribution in [0.15, 0.2) is 23.1 Å². The SMILES string of the molecule is CSc1cc(Cl)ccc1C[As]. The molecule has 11 heavy (non-hydrogen) atoms. The minimum atomic E-state index is 0.819. The van der Waals surface area contributed by atoms with E-state index in [1.165, 1.54) is 10.5 Å². The zero-order valence-electron chi connectivity index (χ0n) is 6.17. The quantitative estimate of drug-likeness (QED) is 0.571. The molecule has 0 atom stereocenters. The van der Waals surface area contributed by atoms with Gasteiger partial charge in [0.25, 0.3) is 0 Å². The summed E-state index contributed by atoms with van der Waals surface area (Å²) in [5.74, 6) is 0. The van der Waals surface area contributed by atoms with Gasteiger partial charge in [-0.1, -0.05) is 0 Å². The average molecular weight is 247 g/mol. The molecule has 0 unspecified atom stereocenters. The molecule has 0 aliphatic rings. The Labute approximate surface area is 85.2 Å². The summed E-state index contributed by atoms with van der Waals surface area (Å²) in [6.45, 7) is 0. The van der Waals surface area contributed by atoms with Gasteiger partial charge in [0.15, 0.2) is 0 Å². The first-order valence-corrected chi connectivity index (χ1v) is 6.14. The Balaban J connectivity index is 3.06. The number of hydrogen-bond acceptors (Lipinski definition) is 1. The van der Waals surface area contributed by atoms with E-state index >= 15 is 0 Å². The summed E-state index contributed by atoms with van der Waals surface area (Å²) in [6.07, 6.45) is 2.07. The second-order valence-electron chi connectivity index (χ2n) is 2.11. The molecule has 0 aliphatic heterocycles. The van der Waals surface area contributed by atoms with Crippen molar-refractivity contribution in [2.45, 2.75) is 10.1 Å². The van der Waals surface area contributed by atoms with Crippen molar-refractivity contribution in [2.75, 3.05) is 6.26 Å². The Morgan fingerprint density at radius 3 is 2.82 bits per heavy atom. The Kier molecular flexibility index (Phi) is 3.84. The third-order valence-electron chi connectivity index (χ3n) is 1.42. The Morgan fingerprint density at radius 2 is 2.27 bits per heavy atom. The van der Waals surface area contributed by atoms with E-state index in [1.54, 1.807) is 11.8 Å². The van der Waals surface area contributed by atoms with Crippen LogP contribution < -0.4 is 0 Å². The number of thioether (sulfide) groups is 1. The molecule has 0 saturated carbocycles. The Hall–Kier alpha value is 0.418. The fourth-order valence-corrected chi connectivity index (χ4v) is 2.54.